The van der Waals surface area contributed by atoms with Gasteiger partial charge in [-0.2, -0.15) is 0 Å². The van der Waals surface area contributed by atoms with Crippen LogP contribution in [0.15, 0.2) is 18.5 Å². The van der Waals surface area contributed by atoms with Crippen molar-refractivity contribution in [2.24, 2.45) is 17.8 Å². The highest BCUT2D eigenvalue weighted by Crippen LogP contribution is 2.61. The van der Waals surface area contributed by atoms with Crippen LogP contribution in [0.3, 0.4) is 0 Å². The molecule has 3 heterocycles. The van der Waals surface area contributed by atoms with Crippen LogP contribution in [0.25, 0.3) is 0 Å². The molecule has 134 valence electrons. The molecule has 0 aromatic carbocycles. The first-order valence-corrected chi connectivity index (χ1v) is 9.44. The van der Waals surface area contributed by atoms with Gasteiger partial charge in [-0.3, -0.25) is 4.79 Å². The molecule has 0 spiro atoms. The fourth-order valence-corrected chi connectivity index (χ4v) is 5.48. The normalized spacial score (nSPS) is 42.4. The van der Waals surface area contributed by atoms with Crippen LogP contribution in [0.5, 0.6) is 0 Å². The summed E-state index contributed by atoms with van der Waals surface area (Å²) < 4.78 is 6.40. The number of nitrogens with zero attached hydrogens (tertiary/aromatic N) is 2. The van der Waals surface area contributed by atoms with E-state index in [4.69, 9.17) is 4.74 Å². The molecular weight excluding hydrogens is 316 g/mol. The molecule has 25 heavy (non-hydrogen) atoms. The van der Waals surface area contributed by atoms with Gasteiger partial charge in [0.15, 0.2) is 0 Å². The van der Waals surface area contributed by atoms with Crippen molar-refractivity contribution in [2.75, 3.05) is 11.9 Å². The molecule has 2 saturated heterocycles. The standard InChI is InChI=1S/C19H26N4O2/c1-17(2)19(23-15(24)14-7-12-6-13(12)8-14)9-18(10-19,25-17)11-22-16-20-4-3-5-21-16/h3-5,12-14H,6-11H2,1-2H3,(H,23,24)(H,20,21,22)/t12-,13+,14?,18?,19?. The van der Waals surface area contributed by atoms with Gasteiger partial charge in [-0.15, -0.1) is 0 Å². The minimum atomic E-state index is -0.344. The number of hydrogen-bond donors (Lipinski definition) is 2. The summed E-state index contributed by atoms with van der Waals surface area (Å²) in [4.78, 5) is 21.2. The van der Waals surface area contributed by atoms with Gasteiger partial charge in [0, 0.05) is 37.7 Å². The summed E-state index contributed by atoms with van der Waals surface area (Å²) in [6.45, 7) is 4.88. The molecule has 1 aromatic rings. The summed E-state index contributed by atoms with van der Waals surface area (Å²) in [5, 5.41) is 6.67. The van der Waals surface area contributed by atoms with E-state index in [1.807, 2.05) is 0 Å². The van der Waals surface area contributed by atoms with E-state index in [0.29, 0.717) is 12.5 Å². The van der Waals surface area contributed by atoms with Crippen LogP contribution in [-0.4, -0.2) is 39.2 Å². The van der Waals surface area contributed by atoms with Crippen molar-refractivity contribution >= 4 is 11.9 Å². The summed E-state index contributed by atoms with van der Waals surface area (Å²) in [7, 11) is 0. The number of ether oxygens (including phenoxy) is 1. The Kier molecular flexibility index (Phi) is 3.07. The third-order valence-electron chi connectivity index (χ3n) is 6.98. The van der Waals surface area contributed by atoms with Crippen LogP contribution in [0, 0.1) is 17.8 Å². The summed E-state index contributed by atoms with van der Waals surface area (Å²) in [6.07, 6.45) is 8.70. The Balaban J connectivity index is 1.24. The number of aromatic nitrogens is 2. The second kappa shape index (κ2) is 4.93. The van der Waals surface area contributed by atoms with Crippen LogP contribution in [0.2, 0.25) is 0 Å². The van der Waals surface area contributed by atoms with E-state index in [9.17, 15) is 4.79 Å². The number of fused-ring (bicyclic) bond motifs is 2. The van der Waals surface area contributed by atoms with E-state index < -0.39 is 0 Å². The molecule has 3 saturated carbocycles. The number of nitrogens with one attached hydrogen (secondary N) is 2. The molecule has 6 rings (SSSR count). The molecular formula is C19H26N4O2. The van der Waals surface area contributed by atoms with Crippen molar-refractivity contribution in [3.05, 3.63) is 18.5 Å². The number of hydrogen-bond acceptors (Lipinski definition) is 5. The lowest BCUT2D eigenvalue weighted by atomic mass is 9.62. The average molecular weight is 342 g/mol. The predicted molar refractivity (Wildman–Crippen MR) is 92.8 cm³/mol. The minimum Gasteiger partial charge on any atom is -0.365 e. The van der Waals surface area contributed by atoms with Gasteiger partial charge >= 0.3 is 0 Å². The van der Waals surface area contributed by atoms with Crippen molar-refractivity contribution in [1.82, 2.24) is 15.3 Å². The van der Waals surface area contributed by atoms with Crippen LogP contribution >= 0.6 is 0 Å². The van der Waals surface area contributed by atoms with Gasteiger partial charge in [-0.25, -0.2) is 9.97 Å². The molecule has 3 aliphatic carbocycles. The zero-order chi connectivity index (χ0) is 17.3. The second-order valence-electron chi connectivity index (χ2n) is 9.07. The zero-order valence-electron chi connectivity index (χ0n) is 14.9. The average Bonchev–Trinajstić information content (AvgIpc) is 2.99. The Bertz CT molecular complexity index is 689. The van der Waals surface area contributed by atoms with E-state index in [0.717, 1.165) is 37.5 Å². The van der Waals surface area contributed by atoms with Crippen molar-refractivity contribution in [3.8, 4) is 0 Å². The first-order chi connectivity index (χ1) is 11.9. The van der Waals surface area contributed by atoms with Crippen LogP contribution in [0.1, 0.15) is 46.0 Å². The van der Waals surface area contributed by atoms with Crippen LogP contribution in [-0.2, 0) is 9.53 Å². The molecule has 0 radical (unpaired) electrons. The highest BCUT2D eigenvalue weighted by molar-refractivity contribution is 5.80. The lowest BCUT2D eigenvalue weighted by Gasteiger charge is -2.47. The highest BCUT2D eigenvalue weighted by atomic mass is 16.5. The third kappa shape index (κ3) is 2.37. The van der Waals surface area contributed by atoms with Gasteiger partial charge in [-0.1, -0.05) is 0 Å². The largest absolute Gasteiger partial charge is 0.365 e. The maximum Gasteiger partial charge on any atom is 0.223 e. The van der Waals surface area contributed by atoms with Crippen molar-refractivity contribution in [1.29, 1.82) is 0 Å². The third-order valence-corrected chi connectivity index (χ3v) is 6.98. The first-order valence-electron chi connectivity index (χ1n) is 9.44. The molecule has 1 unspecified atom stereocenters. The Morgan fingerprint density at radius 2 is 1.88 bits per heavy atom. The summed E-state index contributed by atoms with van der Waals surface area (Å²) in [6, 6.07) is 1.80. The van der Waals surface area contributed by atoms with E-state index in [1.54, 1.807) is 18.5 Å². The second-order valence-corrected chi connectivity index (χ2v) is 9.07. The lowest BCUT2D eigenvalue weighted by Crippen LogP contribution is -2.66. The van der Waals surface area contributed by atoms with Gasteiger partial charge in [0.25, 0.3) is 0 Å². The zero-order valence-corrected chi connectivity index (χ0v) is 14.9. The number of anilines is 1. The first kappa shape index (κ1) is 15.6. The predicted octanol–water partition coefficient (Wildman–Crippen LogP) is 2.13. The van der Waals surface area contributed by atoms with Crippen molar-refractivity contribution in [3.63, 3.8) is 0 Å². The number of rotatable bonds is 5. The van der Waals surface area contributed by atoms with Gasteiger partial charge in [0.05, 0.1) is 16.7 Å². The van der Waals surface area contributed by atoms with Crippen LogP contribution < -0.4 is 10.6 Å². The van der Waals surface area contributed by atoms with Crippen LogP contribution in [0.4, 0.5) is 5.95 Å². The molecule has 2 N–H and O–H groups in total. The minimum absolute atomic E-state index is 0.223. The fourth-order valence-electron chi connectivity index (χ4n) is 5.48. The smallest absolute Gasteiger partial charge is 0.223 e. The molecule has 2 bridgehead atoms. The lowest BCUT2D eigenvalue weighted by molar-refractivity contribution is -0.128. The molecule has 3 atom stereocenters. The number of carbonyl (C=O) groups is 1. The topological polar surface area (TPSA) is 76.1 Å². The molecule has 6 nitrogen and oxygen atoms in total. The Labute approximate surface area is 148 Å². The monoisotopic (exact) mass is 342 g/mol. The molecule has 1 amide bonds. The Morgan fingerprint density at radius 3 is 2.56 bits per heavy atom. The number of amides is 1. The van der Waals surface area contributed by atoms with E-state index in [-0.39, 0.29) is 28.6 Å². The number of carbonyl (C=O) groups excluding carboxylic acids is 1. The maximum atomic E-state index is 12.8. The van der Waals surface area contributed by atoms with E-state index in [2.05, 4.69) is 34.4 Å². The quantitative estimate of drug-likeness (QED) is 0.857. The Morgan fingerprint density at radius 1 is 1.20 bits per heavy atom. The van der Waals surface area contributed by atoms with Gasteiger partial charge < -0.3 is 15.4 Å². The molecule has 1 aromatic heterocycles. The van der Waals surface area contributed by atoms with Crippen molar-refractivity contribution in [2.45, 2.75) is 62.7 Å². The fraction of sp³-hybridized carbons (Fsp3) is 0.737. The summed E-state index contributed by atoms with van der Waals surface area (Å²) in [5.74, 6) is 2.75. The summed E-state index contributed by atoms with van der Waals surface area (Å²) >= 11 is 0. The van der Waals surface area contributed by atoms with E-state index >= 15 is 0 Å². The molecule has 6 heteroatoms. The highest BCUT2D eigenvalue weighted by Gasteiger charge is 2.72. The van der Waals surface area contributed by atoms with Gasteiger partial charge in [-0.05, 0) is 51.0 Å². The SMILES string of the molecule is CC1(C)OC2(CNc3ncccn3)CC1(NC(=O)C1C[C@@H]3C[C@@H]3C1)C2. The van der Waals surface area contributed by atoms with E-state index in [1.165, 1.54) is 6.42 Å². The van der Waals surface area contributed by atoms with Gasteiger partial charge in [0.2, 0.25) is 11.9 Å². The summed E-state index contributed by atoms with van der Waals surface area (Å²) in [5.41, 5.74) is -0.798. The molecule has 2 aliphatic heterocycles. The van der Waals surface area contributed by atoms with Gasteiger partial charge in [0.1, 0.15) is 0 Å². The molecule has 5 aliphatic rings. The maximum absolute atomic E-state index is 12.8. The molecule has 5 fully saturated rings. The van der Waals surface area contributed by atoms with Crippen molar-refractivity contribution < 1.29 is 9.53 Å². The Hall–Kier alpha value is -1.69.